The summed E-state index contributed by atoms with van der Waals surface area (Å²) in [5.41, 5.74) is 0.630. The minimum absolute atomic E-state index is 0.209. The molecule has 0 bridgehead atoms. The van der Waals surface area contributed by atoms with Crippen LogP contribution in [0.5, 0.6) is 0 Å². The van der Waals surface area contributed by atoms with Gasteiger partial charge in [-0.2, -0.15) is 5.26 Å². The number of ether oxygens (including phenoxy) is 1. The van der Waals surface area contributed by atoms with Crippen molar-refractivity contribution in [3.05, 3.63) is 35.9 Å². The number of carbonyl (C=O) groups is 1. The number of hydrogen-bond acceptors (Lipinski definition) is 3. The topological polar surface area (TPSA) is 50.1 Å². The Morgan fingerprint density at radius 3 is 3.13 bits per heavy atom. The van der Waals surface area contributed by atoms with E-state index in [-0.39, 0.29) is 6.42 Å². The first-order valence-corrected chi connectivity index (χ1v) is 4.45. The fourth-order valence-electron chi connectivity index (χ4n) is 1.17. The number of nitrogens with zero attached hydrogens (tertiary/aromatic N) is 1. The minimum atomic E-state index is -0.846. The van der Waals surface area contributed by atoms with Gasteiger partial charge in [-0.1, -0.05) is 6.08 Å². The van der Waals surface area contributed by atoms with Crippen LogP contribution in [-0.4, -0.2) is 11.9 Å². The van der Waals surface area contributed by atoms with Gasteiger partial charge in [-0.25, -0.2) is 4.39 Å². The molecule has 1 rings (SSSR count). The SMILES string of the molecule is C/C=C1/C=C(F)\C=C\OC(C(=O)C#N)C1. The minimum Gasteiger partial charge on any atom is -0.489 e. The Hall–Kier alpha value is -1.89. The molecule has 0 radical (unpaired) electrons. The normalized spacial score (nSPS) is 29.0. The lowest BCUT2D eigenvalue weighted by molar-refractivity contribution is -0.121. The Labute approximate surface area is 87.1 Å². The van der Waals surface area contributed by atoms with Crippen molar-refractivity contribution in [1.29, 1.82) is 5.26 Å². The van der Waals surface area contributed by atoms with E-state index in [9.17, 15) is 9.18 Å². The van der Waals surface area contributed by atoms with E-state index in [2.05, 4.69) is 0 Å². The van der Waals surface area contributed by atoms with Gasteiger partial charge < -0.3 is 4.74 Å². The Morgan fingerprint density at radius 2 is 2.53 bits per heavy atom. The lowest BCUT2D eigenvalue weighted by Gasteiger charge is -2.14. The molecule has 0 fully saturated rings. The molecule has 0 aliphatic carbocycles. The first-order valence-electron chi connectivity index (χ1n) is 4.45. The number of halogens is 1. The summed E-state index contributed by atoms with van der Waals surface area (Å²) in [5.74, 6) is -1.10. The molecular weight excluding hydrogens is 197 g/mol. The predicted octanol–water partition coefficient (Wildman–Crippen LogP) is 2.18. The maximum Gasteiger partial charge on any atom is 0.272 e. The van der Waals surface area contributed by atoms with Crippen LogP contribution in [0.1, 0.15) is 13.3 Å². The zero-order valence-corrected chi connectivity index (χ0v) is 8.24. The van der Waals surface area contributed by atoms with Crippen LogP contribution < -0.4 is 0 Å². The molecule has 0 saturated carbocycles. The van der Waals surface area contributed by atoms with Crippen LogP contribution in [0.3, 0.4) is 0 Å². The summed E-state index contributed by atoms with van der Waals surface area (Å²) in [7, 11) is 0. The average molecular weight is 207 g/mol. The molecule has 0 aromatic carbocycles. The predicted molar refractivity (Wildman–Crippen MR) is 52.2 cm³/mol. The smallest absolute Gasteiger partial charge is 0.272 e. The summed E-state index contributed by atoms with van der Waals surface area (Å²) in [4.78, 5) is 11.1. The summed E-state index contributed by atoms with van der Waals surface area (Å²) < 4.78 is 17.9. The molecule has 78 valence electrons. The molecule has 15 heavy (non-hydrogen) atoms. The molecular formula is C11H10FNO2. The van der Waals surface area contributed by atoms with Crippen LogP contribution in [0, 0.1) is 11.3 Å². The first-order chi connectivity index (χ1) is 7.17. The zero-order chi connectivity index (χ0) is 11.3. The van der Waals surface area contributed by atoms with Crippen molar-refractivity contribution in [2.75, 3.05) is 0 Å². The van der Waals surface area contributed by atoms with Gasteiger partial charge in [0.05, 0.1) is 6.26 Å². The first kappa shape index (κ1) is 11.2. The monoisotopic (exact) mass is 207 g/mol. The molecule has 0 saturated heterocycles. The third-order valence-electron chi connectivity index (χ3n) is 1.99. The fourth-order valence-corrected chi connectivity index (χ4v) is 1.17. The number of nitriles is 1. The van der Waals surface area contributed by atoms with Crippen LogP contribution in [0.2, 0.25) is 0 Å². The lowest BCUT2D eigenvalue weighted by Crippen LogP contribution is -2.21. The Balaban J connectivity index is 2.90. The maximum absolute atomic E-state index is 13.0. The standard InChI is InChI=1S/C11H10FNO2/c1-2-8-5-9(12)3-4-15-11(6-8)10(14)7-13/h2-5,11H,6H2,1H3/b4-3+,8-2-,9-5+. The summed E-state index contributed by atoms with van der Waals surface area (Å²) in [6, 6.07) is 1.50. The van der Waals surface area contributed by atoms with Crippen LogP contribution >= 0.6 is 0 Å². The molecule has 3 nitrogen and oxygen atoms in total. The van der Waals surface area contributed by atoms with Gasteiger partial charge in [0.1, 0.15) is 11.9 Å². The average Bonchev–Trinajstić information content (AvgIpc) is 2.21. The van der Waals surface area contributed by atoms with Crippen molar-refractivity contribution in [3.63, 3.8) is 0 Å². The number of allylic oxidation sites excluding steroid dienone is 4. The van der Waals surface area contributed by atoms with E-state index in [4.69, 9.17) is 10.00 Å². The molecule has 4 heteroatoms. The van der Waals surface area contributed by atoms with Gasteiger partial charge in [0, 0.05) is 12.5 Å². The summed E-state index contributed by atoms with van der Waals surface area (Å²) in [6.07, 6.45) is 4.57. The van der Waals surface area contributed by atoms with E-state index in [0.29, 0.717) is 5.57 Å². The lowest BCUT2D eigenvalue weighted by atomic mass is 10.0. The van der Waals surface area contributed by atoms with Crippen LogP contribution in [-0.2, 0) is 9.53 Å². The number of ketones is 1. The zero-order valence-electron chi connectivity index (χ0n) is 8.24. The number of rotatable bonds is 1. The van der Waals surface area contributed by atoms with Gasteiger partial charge in [0.15, 0.2) is 6.10 Å². The van der Waals surface area contributed by atoms with Gasteiger partial charge in [0.2, 0.25) is 0 Å². The molecule has 0 spiro atoms. The van der Waals surface area contributed by atoms with Crippen molar-refractivity contribution in [2.45, 2.75) is 19.4 Å². The number of Topliss-reactive ketones (excluding diaryl/α,β-unsaturated/α-hetero) is 1. The highest BCUT2D eigenvalue weighted by molar-refractivity contribution is 5.97. The summed E-state index contributed by atoms with van der Waals surface area (Å²) in [5, 5.41) is 8.45. The third kappa shape index (κ3) is 3.06. The van der Waals surface area contributed by atoms with E-state index in [0.717, 1.165) is 12.3 Å². The molecule has 1 unspecified atom stereocenters. The van der Waals surface area contributed by atoms with Crippen molar-refractivity contribution < 1.29 is 13.9 Å². The van der Waals surface area contributed by atoms with E-state index in [1.807, 2.05) is 0 Å². The van der Waals surface area contributed by atoms with Gasteiger partial charge in [0.25, 0.3) is 5.78 Å². The Kier molecular flexibility index (Phi) is 3.81. The van der Waals surface area contributed by atoms with Gasteiger partial charge in [-0.15, -0.1) is 0 Å². The van der Waals surface area contributed by atoms with Crippen molar-refractivity contribution in [3.8, 4) is 6.07 Å². The second-order valence-electron chi connectivity index (χ2n) is 3.00. The summed E-state index contributed by atoms with van der Waals surface area (Å²) >= 11 is 0. The molecule has 1 aliphatic rings. The molecule has 0 N–H and O–H groups in total. The van der Waals surface area contributed by atoms with E-state index < -0.39 is 17.7 Å². The van der Waals surface area contributed by atoms with E-state index >= 15 is 0 Å². The van der Waals surface area contributed by atoms with Gasteiger partial charge >= 0.3 is 0 Å². The van der Waals surface area contributed by atoms with Gasteiger partial charge in [-0.05, 0) is 18.6 Å². The third-order valence-corrected chi connectivity index (χ3v) is 1.99. The second kappa shape index (κ2) is 5.11. The van der Waals surface area contributed by atoms with Gasteiger partial charge in [-0.3, -0.25) is 4.79 Å². The van der Waals surface area contributed by atoms with Crippen molar-refractivity contribution >= 4 is 5.78 Å². The molecule has 0 amide bonds. The van der Waals surface area contributed by atoms with E-state index in [1.165, 1.54) is 12.1 Å². The molecule has 0 aromatic rings. The maximum atomic E-state index is 13.0. The highest BCUT2D eigenvalue weighted by Crippen LogP contribution is 2.17. The Bertz CT molecular complexity index is 388. The fraction of sp³-hybridized carbons (Fsp3) is 0.273. The largest absolute Gasteiger partial charge is 0.489 e. The molecule has 0 aromatic heterocycles. The van der Waals surface area contributed by atoms with Crippen molar-refractivity contribution in [2.24, 2.45) is 0 Å². The van der Waals surface area contributed by atoms with Crippen LogP contribution in [0.15, 0.2) is 35.9 Å². The number of hydrogen-bond donors (Lipinski definition) is 0. The van der Waals surface area contributed by atoms with Crippen LogP contribution in [0.25, 0.3) is 0 Å². The highest BCUT2D eigenvalue weighted by Gasteiger charge is 2.20. The molecule has 1 aliphatic heterocycles. The highest BCUT2D eigenvalue weighted by atomic mass is 19.1. The van der Waals surface area contributed by atoms with Crippen molar-refractivity contribution in [1.82, 2.24) is 0 Å². The Morgan fingerprint density at radius 1 is 1.80 bits per heavy atom. The molecule has 1 atom stereocenters. The molecule has 1 heterocycles. The summed E-state index contributed by atoms with van der Waals surface area (Å²) in [6.45, 7) is 1.73. The number of carbonyl (C=O) groups excluding carboxylic acids is 1. The second-order valence-corrected chi connectivity index (χ2v) is 3.00. The quantitative estimate of drug-likeness (QED) is 0.619. The van der Waals surface area contributed by atoms with E-state index in [1.54, 1.807) is 13.0 Å². The van der Waals surface area contributed by atoms with Crippen LogP contribution in [0.4, 0.5) is 4.39 Å².